The average Bonchev–Trinajstić information content (AvgIpc) is 3.53. The molecule has 0 fully saturated rings. The summed E-state index contributed by atoms with van der Waals surface area (Å²) in [5.74, 6) is 1.86. The van der Waals surface area contributed by atoms with Crippen molar-refractivity contribution in [3.63, 3.8) is 0 Å². The largest absolute Gasteiger partial charge is 0.507 e. The highest BCUT2D eigenvalue weighted by molar-refractivity contribution is 6.31. The number of amides is 1. The molecule has 1 amide bonds. The van der Waals surface area contributed by atoms with Crippen LogP contribution < -0.4 is 14.2 Å². The molecule has 8 nitrogen and oxygen atoms in total. The summed E-state index contributed by atoms with van der Waals surface area (Å²) in [6, 6.07) is 16.2. The highest BCUT2D eigenvalue weighted by Crippen LogP contribution is 2.47. The standard InChI is InChI=1S/C33H36ClN3O5/c1-5-7-8-15-42-27-14-11-22(17-28(27)41-6-2)32-29-30(24-18-25(34)20(3)16-26(24)38)35-36-31(29)33(39)37(32)19-21-9-12-23(40-4)13-10-21/h9-14,16-18,32,38H,5-8,15,19H2,1-4H3,(H,35,36). The minimum absolute atomic E-state index is 0.0387. The fourth-order valence-electron chi connectivity index (χ4n) is 5.31. The molecule has 42 heavy (non-hydrogen) atoms. The summed E-state index contributed by atoms with van der Waals surface area (Å²) in [7, 11) is 1.62. The van der Waals surface area contributed by atoms with E-state index in [2.05, 4.69) is 17.1 Å². The van der Waals surface area contributed by atoms with Gasteiger partial charge in [0.2, 0.25) is 0 Å². The van der Waals surface area contributed by atoms with Gasteiger partial charge in [-0.05, 0) is 73.4 Å². The second-order valence-electron chi connectivity index (χ2n) is 10.4. The lowest BCUT2D eigenvalue weighted by molar-refractivity contribution is 0.0729. The zero-order valence-electron chi connectivity index (χ0n) is 24.4. The van der Waals surface area contributed by atoms with Crippen molar-refractivity contribution in [2.75, 3.05) is 20.3 Å². The third-order valence-corrected chi connectivity index (χ3v) is 7.90. The average molecular weight is 590 g/mol. The quantitative estimate of drug-likeness (QED) is 0.166. The van der Waals surface area contributed by atoms with Gasteiger partial charge in [0.05, 0.1) is 26.4 Å². The second-order valence-corrected chi connectivity index (χ2v) is 10.8. The number of rotatable bonds is 12. The van der Waals surface area contributed by atoms with Crippen LogP contribution in [0.2, 0.25) is 5.02 Å². The normalized spacial score (nSPS) is 14.3. The van der Waals surface area contributed by atoms with Crippen molar-refractivity contribution in [2.45, 2.75) is 52.6 Å². The van der Waals surface area contributed by atoms with E-state index in [0.29, 0.717) is 58.8 Å². The number of phenols is 1. The van der Waals surface area contributed by atoms with Gasteiger partial charge in [-0.25, -0.2) is 0 Å². The molecule has 1 aliphatic rings. The number of H-pyrrole nitrogens is 1. The van der Waals surface area contributed by atoms with E-state index in [1.165, 1.54) is 0 Å². The number of benzene rings is 3. The van der Waals surface area contributed by atoms with E-state index in [1.54, 1.807) is 24.1 Å². The minimum atomic E-state index is -0.517. The van der Waals surface area contributed by atoms with E-state index in [9.17, 15) is 9.90 Å². The number of methoxy groups -OCH3 is 1. The molecule has 4 aromatic rings. The van der Waals surface area contributed by atoms with Gasteiger partial charge in [0, 0.05) is 22.7 Å². The highest BCUT2D eigenvalue weighted by Gasteiger charge is 2.43. The molecule has 0 spiro atoms. The van der Waals surface area contributed by atoms with E-state index in [1.807, 2.05) is 56.3 Å². The van der Waals surface area contributed by atoms with E-state index in [-0.39, 0.29) is 11.7 Å². The number of carbonyl (C=O) groups excluding carboxylic acids is 1. The van der Waals surface area contributed by atoms with Crippen LogP contribution in [0.5, 0.6) is 23.0 Å². The van der Waals surface area contributed by atoms with Gasteiger partial charge in [-0.3, -0.25) is 9.89 Å². The molecule has 2 N–H and O–H groups in total. The number of fused-ring (bicyclic) bond motifs is 1. The molecule has 0 radical (unpaired) electrons. The molecule has 1 aromatic heterocycles. The fourth-order valence-corrected chi connectivity index (χ4v) is 5.48. The molecule has 2 heterocycles. The number of nitrogens with one attached hydrogen (secondary N) is 1. The van der Waals surface area contributed by atoms with Gasteiger partial charge in [-0.15, -0.1) is 0 Å². The number of nitrogens with zero attached hydrogens (tertiary/aromatic N) is 2. The van der Waals surface area contributed by atoms with Gasteiger partial charge in [-0.1, -0.05) is 49.6 Å². The van der Waals surface area contributed by atoms with Crippen LogP contribution in [0.15, 0.2) is 54.6 Å². The Morgan fingerprint density at radius 1 is 1.02 bits per heavy atom. The predicted molar refractivity (Wildman–Crippen MR) is 163 cm³/mol. The molecular weight excluding hydrogens is 554 g/mol. The Kier molecular flexibility index (Phi) is 8.92. The summed E-state index contributed by atoms with van der Waals surface area (Å²) in [5, 5.41) is 18.9. The maximum atomic E-state index is 13.9. The van der Waals surface area contributed by atoms with Gasteiger partial charge >= 0.3 is 0 Å². The molecule has 3 aromatic carbocycles. The van der Waals surface area contributed by atoms with E-state index >= 15 is 0 Å². The first-order chi connectivity index (χ1) is 20.4. The van der Waals surface area contributed by atoms with Crippen LogP contribution in [0.1, 0.15) is 71.9 Å². The van der Waals surface area contributed by atoms with E-state index in [0.717, 1.165) is 41.7 Å². The summed E-state index contributed by atoms with van der Waals surface area (Å²) in [4.78, 5) is 15.7. The minimum Gasteiger partial charge on any atom is -0.507 e. The van der Waals surface area contributed by atoms with Crippen LogP contribution >= 0.6 is 11.6 Å². The van der Waals surface area contributed by atoms with Crippen molar-refractivity contribution in [3.8, 4) is 34.3 Å². The molecule has 9 heteroatoms. The van der Waals surface area contributed by atoms with Crippen LogP contribution in [-0.2, 0) is 6.54 Å². The molecule has 0 aliphatic carbocycles. The van der Waals surface area contributed by atoms with Gasteiger partial charge < -0.3 is 24.2 Å². The first-order valence-corrected chi connectivity index (χ1v) is 14.6. The van der Waals surface area contributed by atoms with Crippen molar-refractivity contribution in [3.05, 3.63) is 87.6 Å². The smallest absolute Gasteiger partial charge is 0.273 e. The zero-order chi connectivity index (χ0) is 29.8. The molecule has 0 saturated heterocycles. The zero-order valence-corrected chi connectivity index (χ0v) is 25.1. The second kappa shape index (κ2) is 12.8. The van der Waals surface area contributed by atoms with Crippen LogP contribution in [0.3, 0.4) is 0 Å². The lowest BCUT2D eigenvalue weighted by atomic mass is 9.94. The Hall–Kier alpha value is -4.17. The number of phenolic OH excluding ortho intramolecular Hbond substituents is 1. The summed E-state index contributed by atoms with van der Waals surface area (Å²) < 4.78 is 17.4. The third-order valence-electron chi connectivity index (χ3n) is 7.50. The fraction of sp³-hybridized carbons (Fsp3) is 0.333. The topological polar surface area (TPSA) is 96.9 Å². The van der Waals surface area contributed by atoms with Crippen molar-refractivity contribution < 1.29 is 24.1 Å². The first-order valence-electron chi connectivity index (χ1n) is 14.3. The first kappa shape index (κ1) is 29.3. The number of aromatic nitrogens is 2. The summed E-state index contributed by atoms with van der Waals surface area (Å²) in [6.45, 7) is 7.32. The molecule has 1 atom stereocenters. The van der Waals surface area contributed by atoms with Crippen molar-refractivity contribution in [2.24, 2.45) is 0 Å². The van der Waals surface area contributed by atoms with Gasteiger partial charge in [0.15, 0.2) is 11.5 Å². The number of ether oxygens (including phenoxy) is 3. The summed E-state index contributed by atoms with van der Waals surface area (Å²) in [6.07, 6.45) is 3.16. The molecule has 1 aliphatic heterocycles. The Morgan fingerprint density at radius 3 is 2.52 bits per heavy atom. The van der Waals surface area contributed by atoms with Gasteiger partial charge in [0.1, 0.15) is 22.9 Å². The van der Waals surface area contributed by atoms with Crippen LogP contribution in [0, 0.1) is 6.92 Å². The molecule has 220 valence electrons. The summed E-state index contributed by atoms with van der Waals surface area (Å²) >= 11 is 6.46. The number of halogens is 1. The number of hydrogen-bond acceptors (Lipinski definition) is 6. The number of carbonyl (C=O) groups is 1. The molecular formula is C33H36ClN3O5. The monoisotopic (exact) mass is 589 g/mol. The SMILES string of the molecule is CCCCCOc1ccc(C2c3c(-c4cc(Cl)c(C)cc4O)n[nH]c3C(=O)N2Cc2ccc(OC)cc2)cc1OCC. The van der Waals surface area contributed by atoms with Crippen molar-refractivity contribution in [1.82, 2.24) is 15.1 Å². The van der Waals surface area contributed by atoms with E-state index in [4.69, 9.17) is 25.8 Å². The lowest BCUT2D eigenvalue weighted by Crippen LogP contribution is -2.29. The summed E-state index contributed by atoms with van der Waals surface area (Å²) in [5.41, 5.74) is 4.48. The van der Waals surface area contributed by atoms with Crippen molar-refractivity contribution >= 4 is 17.5 Å². The third kappa shape index (κ3) is 5.77. The molecule has 5 rings (SSSR count). The number of hydrogen-bond donors (Lipinski definition) is 2. The predicted octanol–water partition coefficient (Wildman–Crippen LogP) is 7.47. The maximum absolute atomic E-state index is 13.9. The van der Waals surface area contributed by atoms with Crippen LogP contribution in [0.4, 0.5) is 0 Å². The Morgan fingerprint density at radius 2 is 1.81 bits per heavy atom. The Labute approximate surface area is 251 Å². The lowest BCUT2D eigenvalue weighted by Gasteiger charge is -2.27. The highest BCUT2D eigenvalue weighted by atomic mass is 35.5. The van der Waals surface area contributed by atoms with E-state index < -0.39 is 6.04 Å². The molecule has 0 saturated carbocycles. The van der Waals surface area contributed by atoms with Gasteiger partial charge in [-0.2, -0.15) is 5.10 Å². The number of unbranched alkanes of at least 4 members (excludes halogenated alkanes) is 2. The molecule has 0 bridgehead atoms. The van der Waals surface area contributed by atoms with Crippen LogP contribution in [0.25, 0.3) is 11.3 Å². The Balaban J connectivity index is 1.61. The van der Waals surface area contributed by atoms with Gasteiger partial charge in [0.25, 0.3) is 5.91 Å². The Bertz CT molecular complexity index is 1570. The van der Waals surface area contributed by atoms with Crippen molar-refractivity contribution in [1.29, 1.82) is 0 Å². The molecule has 1 unspecified atom stereocenters. The number of aryl methyl sites for hydroxylation is 1. The van der Waals surface area contributed by atoms with Crippen LogP contribution in [-0.4, -0.2) is 46.4 Å². The maximum Gasteiger partial charge on any atom is 0.273 e. The number of aromatic amines is 1. The number of aromatic hydroxyl groups is 1.